The summed E-state index contributed by atoms with van der Waals surface area (Å²) < 4.78 is 0. The van der Waals surface area contributed by atoms with Crippen LogP contribution < -0.4 is 5.73 Å². The van der Waals surface area contributed by atoms with Crippen molar-refractivity contribution in [2.24, 2.45) is 5.73 Å². The molecule has 2 N–H and O–H groups in total. The van der Waals surface area contributed by atoms with Gasteiger partial charge in [0.25, 0.3) is 0 Å². The molecule has 0 heterocycles. The van der Waals surface area contributed by atoms with Gasteiger partial charge < -0.3 is 10.6 Å². The first kappa shape index (κ1) is 11.1. The van der Waals surface area contributed by atoms with Crippen LogP contribution in [0.2, 0.25) is 0 Å². The summed E-state index contributed by atoms with van der Waals surface area (Å²) >= 11 is 0. The highest BCUT2D eigenvalue weighted by molar-refractivity contribution is 5.94. The molecule has 1 aliphatic carbocycles. The average molecular weight is 218 g/mol. The lowest BCUT2D eigenvalue weighted by molar-refractivity contribution is 0.0999. The molecule has 0 spiro atoms. The van der Waals surface area contributed by atoms with Crippen LogP contribution in [0.15, 0.2) is 24.3 Å². The van der Waals surface area contributed by atoms with Crippen LogP contribution in [0.5, 0.6) is 0 Å². The van der Waals surface area contributed by atoms with E-state index in [0.29, 0.717) is 5.56 Å². The zero-order valence-electron chi connectivity index (χ0n) is 9.65. The van der Waals surface area contributed by atoms with E-state index in [9.17, 15) is 4.79 Å². The number of amides is 1. The summed E-state index contributed by atoms with van der Waals surface area (Å²) in [6.45, 7) is 0.995. The fraction of sp³-hybridized carbons (Fsp3) is 0.462. The van der Waals surface area contributed by atoms with Crippen LogP contribution in [0.4, 0.5) is 0 Å². The Labute approximate surface area is 96.2 Å². The number of carbonyl (C=O) groups is 1. The van der Waals surface area contributed by atoms with E-state index in [-0.39, 0.29) is 5.91 Å². The Balaban J connectivity index is 1.99. The first-order valence-corrected chi connectivity index (χ1v) is 5.76. The lowest BCUT2D eigenvalue weighted by Crippen LogP contribution is -2.24. The number of hydrogen-bond acceptors (Lipinski definition) is 2. The summed E-state index contributed by atoms with van der Waals surface area (Å²) in [5.41, 5.74) is 7.06. The van der Waals surface area contributed by atoms with Crippen LogP contribution in [0, 0.1) is 0 Å². The summed E-state index contributed by atoms with van der Waals surface area (Å²) in [5.74, 6) is -0.329. The largest absolute Gasteiger partial charge is 0.366 e. The van der Waals surface area contributed by atoms with Crippen molar-refractivity contribution in [3.63, 3.8) is 0 Å². The van der Waals surface area contributed by atoms with Gasteiger partial charge in [-0.15, -0.1) is 0 Å². The van der Waals surface area contributed by atoms with Gasteiger partial charge >= 0.3 is 0 Å². The van der Waals surface area contributed by atoms with Crippen LogP contribution in [0.1, 0.15) is 28.8 Å². The Morgan fingerprint density at radius 1 is 1.44 bits per heavy atom. The van der Waals surface area contributed by atoms with Gasteiger partial charge in [0.2, 0.25) is 5.91 Å². The van der Waals surface area contributed by atoms with Crippen molar-refractivity contribution >= 4 is 5.91 Å². The van der Waals surface area contributed by atoms with E-state index in [0.717, 1.165) is 24.6 Å². The molecule has 3 nitrogen and oxygen atoms in total. The van der Waals surface area contributed by atoms with Gasteiger partial charge in [0.15, 0.2) is 0 Å². The number of nitrogens with zero attached hydrogens (tertiary/aromatic N) is 1. The Morgan fingerprint density at radius 3 is 2.75 bits per heavy atom. The van der Waals surface area contributed by atoms with E-state index in [1.165, 1.54) is 12.8 Å². The fourth-order valence-corrected chi connectivity index (χ4v) is 1.97. The number of hydrogen-bond donors (Lipinski definition) is 1. The topological polar surface area (TPSA) is 46.3 Å². The van der Waals surface area contributed by atoms with Crippen LogP contribution in [0.25, 0.3) is 0 Å². The highest BCUT2D eigenvalue weighted by atomic mass is 16.1. The molecule has 16 heavy (non-hydrogen) atoms. The van der Waals surface area contributed by atoms with E-state index >= 15 is 0 Å². The second kappa shape index (κ2) is 4.66. The molecule has 0 radical (unpaired) electrons. The minimum Gasteiger partial charge on any atom is -0.366 e. The molecule has 0 saturated heterocycles. The quantitative estimate of drug-likeness (QED) is 0.812. The lowest BCUT2D eigenvalue weighted by atomic mass is 10.0. The SMILES string of the molecule is CN(CCc1ccccc1C(N)=O)C1CC1. The van der Waals surface area contributed by atoms with E-state index in [2.05, 4.69) is 11.9 Å². The van der Waals surface area contributed by atoms with Gasteiger partial charge in [-0.3, -0.25) is 4.79 Å². The van der Waals surface area contributed by atoms with Crippen molar-refractivity contribution in [1.29, 1.82) is 0 Å². The van der Waals surface area contributed by atoms with Crippen molar-refractivity contribution in [1.82, 2.24) is 4.90 Å². The Hall–Kier alpha value is -1.35. The van der Waals surface area contributed by atoms with Crippen LogP contribution in [-0.2, 0) is 6.42 Å². The molecular formula is C13H18N2O. The molecule has 0 aromatic heterocycles. The molecule has 3 heteroatoms. The second-order valence-electron chi connectivity index (χ2n) is 4.48. The molecule has 86 valence electrons. The van der Waals surface area contributed by atoms with Crippen molar-refractivity contribution < 1.29 is 4.79 Å². The smallest absolute Gasteiger partial charge is 0.248 e. The predicted molar refractivity (Wildman–Crippen MR) is 64.3 cm³/mol. The Kier molecular flexibility index (Phi) is 3.25. The molecule has 1 saturated carbocycles. The van der Waals surface area contributed by atoms with Crippen LogP contribution >= 0.6 is 0 Å². The molecule has 0 unspecified atom stereocenters. The fourth-order valence-electron chi connectivity index (χ4n) is 1.97. The molecular weight excluding hydrogens is 200 g/mol. The number of likely N-dealkylation sites (N-methyl/N-ethyl adjacent to an activating group) is 1. The van der Waals surface area contributed by atoms with Crippen molar-refractivity contribution in [2.45, 2.75) is 25.3 Å². The Bertz CT molecular complexity index is 385. The maximum Gasteiger partial charge on any atom is 0.248 e. The standard InChI is InChI=1S/C13H18N2O/c1-15(11-6-7-11)9-8-10-4-2-3-5-12(10)13(14)16/h2-5,11H,6-9H2,1H3,(H2,14,16). The third-order valence-corrected chi connectivity index (χ3v) is 3.19. The number of carbonyl (C=O) groups excluding carboxylic acids is 1. The first-order chi connectivity index (χ1) is 7.68. The summed E-state index contributed by atoms with van der Waals surface area (Å²) in [7, 11) is 2.14. The Morgan fingerprint density at radius 2 is 2.12 bits per heavy atom. The number of benzene rings is 1. The molecule has 1 aliphatic rings. The molecule has 2 rings (SSSR count). The van der Waals surface area contributed by atoms with Gasteiger partial charge in [-0.05, 0) is 37.9 Å². The van der Waals surface area contributed by atoms with Gasteiger partial charge in [-0.1, -0.05) is 18.2 Å². The molecule has 1 amide bonds. The van der Waals surface area contributed by atoms with Crippen molar-refractivity contribution in [3.8, 4) is 0 Å². The van der Waals surface area contributed by atoms with E-state index in [1.807, 2.05) is 18.2 Å². The lowest BCUT2D eigenvalue weighted by Gasteiger charge is -2.16. The van der Waals surface area contributed by atoms with Gasteiger partial charge in [-0.25, -0.2) is 0 Å². The number of rotatable bonds is 5. The minimum atomic E-state index is -0.329. The van der Waals surface area contributed by atoms with E-state index in [1.54, 1.807) is 6.07 Å². The van der Waals surface area contributed by atoms with Crippen LogP contribution in [0.3, 0.4) is 0 Å². The predicted octanol–water partition coefficient (Wildman–Crippen LogP) is 1.42. The zero-order valence-corrected chi connectivity index (χ0v) is 9.65. The molecule has 0 atom stereocenters. The maximum absolute atomic E-state index is 11.2. The number of primary amides is 1. The molecule has 1 aromatic rings. The van der Waals surface area contributed by atoms with E-state index in [4.69, 9.17) is 5.73 Å². The summed E-state index contributed by atoms with van der Waals surface area (Å²) in [4.78, 5) is 13.6. The normalized spacial score (nSPS) is 15.4. The van der Waals surface area contributed by atoms with Crippen molar-refractivity contribution in [3.05, 3.63) is 35.4 Å². The third kappa shape index (κ3) is 2.61. The summed E-state index contributed by atoms with van der Waals surface area (Å²) in [5, 5.41) is 0. The highest BCUT2D eigenvalue weighted by Gasteiger charge is 2.25. The van der Waals surface area contributed by atoms with Gasteiger partial charge in [-0.2, -0.15) is 0 Å². The molecule has 0 bridgehead atoms. The molecule has 1 aromatic carbocycles. The van der Waals surface area contributed by atoms with Gasteiger partial charge in [0.05, 0.1) is 0 Å². The van der Waals surface area contributed by atoms with Crippen molar-refractivity contribution in [2.75, 3.05) is 13.6 Å². The van der Waals surface area contributed by atoms with Gasteiger partial charge in [0, 0.05) is 18.2 Å². The average Bonchev–Trinajstić information content (AvgIpc) is 3.10. The minimum absolute atomic E-state index is 0.329. The highest BCUT2D eigenvalue weighted by Crippen LogP contribution is 2.25. The molecule has 1 fully saturated rings. The van der Waals surface area contributed by atoms with Crippen LogP contribution in [-0.4, -0.2) is 30.4 Å². The summed E-state index contributed by atoms with van der Waals surface area (Å²) in [6, 6.07) is 8.36. The molecule has 0 aliphatic heterocycles. The zero-order chi connectivity index (χ0) is 11.5. The monoisotopic (exact) mass is 218 g/mol. The van der Waals surface area contributed by atoms with Gasteiger partial charge in [0.1, 0.15) is 0 Å². The second-order valence-corrected chi connectivity index (χ2v) is 4.48. The maximum atomic E-state index is 11.2. The first-order valence-electron chi connectivity index (χ1n) is 5.76. The number of nitrogens with two attached hydrogens (primary N) is 1. The third-order valence-electron chi connectivity index (χ3n) is 3.19. The van der Waals surface area contributed by atoms with E-state index < -0.39 is 0 Å². The summed E-state index contributed by atoms with van der Waals surface area (Å²) in [6.07, 6.45) is 3.52.